The van der Waals surface area contributed by atoms with Gasteiger partial charge in [-0.3, -0.25) is 0 Å². The van der Waals surface area contributed by atoms with Gasteiger partial charge in [0.05, 0.1) is 0 Å². The van der Waals surface area contributed by atoms with E-state index >= 15 is 0 Å². The third-order valence-electron chi connectivity index (χ3n) is 2.27. The molecule has 0 aliphatic rings. The molecular formula is C10H13N3. The van der Waals surface area contributed by atoms with E-state index in [0.717, 1.165) is 11.3 Å². The summed E-state index contributed by atoms with van der Waals surface area (Å²) in [7, 11) is 0. The highest BCUT2D eigenvalue weighted by Gasteiger charge is 2.07. The fourth-order valence-electron chi connectivity index (χ4n) is 1.50. The van der Waals surface area contributed by atoms with Gasteiger partial charge in [-0.1, -0.05) is 19.9 Å². The highest BCUT2D eigenvalue weighted by molar-refractivity contribution is 5.49. The Hall–Kier alpha value is -1.38. The summed E-state index contributed by atoms with van der Waals surface area (Å²) in [5, 5.41) is 4.17. The molecule has 0 fully saturated rings. The molecule has 2 aromatic heterocycles. The standard InChI is InChI=1S/C10H13N3/c1-7(2)9-5-4-8(3)13-10(9)11-6-12-13/h4-7H,1-3H3. The van der Waals surface area contributed by atoms with Crippen LogP contribution in [0.3, 0.4) is 0 Å². The molecule has 2 rings (SSSR count). The number of rotatable bonds is 1. The summed E-state index contributed by atoms with van der Waals surface area (Å²) in [4.78, 5) is 4.25. The van der Waals surface area contributed by atoms with Crippen LogP contribution in [0.2, 0.25) is 0 Å². The van der Waals surface area contributed by atoms with Gasteiger partial charge in [-0.15, -0.1) is 0 Å². The topological polar surface area (TPSA) is 30.2 Å². The van der Waals surface area contributed by atoms with E-state index in [1.165, 1.54) is 5.56 Å². The van der Waals surface area contributed by atoms with Gasteiger partial charge in [-0.2, -0.15) is 5.10 Å². The first kappa shape index (κ1) is 8.23. The fourth-order valence-corrected chi connectivity index (χ4v) is 1.50. The lowest BCUT2D eigenvalue weighted by molar-refractivity contribution is 0.840. The quantitative estimate of drug-likeness (QED) is 0.664. The third-order valence-corrected chi connectivity index (χ3v) is 2.27. The van der Waals surface area contributed by atoms with Gasteiger partial charge in [-0.05, 0) is 24.5 Å². The van der Waals surface area contributed by atoms with Crippen LogP contribution in [0.25, 0.3) is 5.65 Å². The number of pyridine rings is 1. The zero-order valence-electron chi connectivity index (χ0n) is 8.15. The van der Waals surface area contributed by atoms with Crippen LogP contribution in [0.5, 0.6) is 0 Å². The Morgan fingerprint density at radius 2 is 2.08 bits per heavy atom. The highest BCUT2D eigenvalue weighted by Crippen LogP contribution is 2.19. The van der Waals surface area contributed by atoms with E-state index in [4.69, 9.17) is 0 Å². The van der Waals surface area contributed by atoms with Crippen LogP contribution in [0, 0.1) is 6.92 Å². The number of fused-ring (bicyclic) bond motifs is 1. The second kappa shape index (κ2) is 2.83. The summed E-state index contributed by atoms with van der Waals surface area (Å²) in [6.45, 7) is 6.37. The Kier molecular flexibility index (Phi) is 1.79. The Bertz CT molecular complexity index is 429. The zero-order chi connectivity index (χ0) is 9.42. The second-order valence-corrected chi connectivity index (χ2v) is 3.58. The third kappa shape index (κ3) is 1.20. The molecule has 3 nitrogen and oxygen atoms in total. The van der Waals surface area contributed by atoms with Crippen LogP contribution < -0.4 is 0 Å². The molecule has 13 heavy (non-hydrogen) atoms. The monoisotopic (exact) mass is 175 g/mol. The molecule has 2 heterocycles. The minimum atomic E-state index is 0.493. The molecule has 0 radical (unpaired) electrons. The van der Waals surface area contributed by atoms with Gasteiger partial charge in [0.2, 0.25) is 0 Å². The van der Waals surface area contributed by atoms with Gasteiger partial charge >= 0.3 is 0 Å². The summed E-state index contributed by atoms with van der Waals surface area (Å²) in [5.41, 5.74) is 3.36. The molecule has 2 aromatic rings. The minimum absolute atomic E-state index is 0.493. The highest BCUT2D eigenvalue weighted by atomic mass is 15.3. The Balaban J connectivity index is 2.78. The van der Waals surface area contributed by atoms with Crippen molar-refractivity contribution in [2.75, 3.05) is 0 Å². The number of aromatic nitrogens is 3. The summed E-state index contributed by atoms with van der Waals surface area (Å²) in [5.74, 6) is 0.493. The first-order chi connectivity index (χ1) is 6.20. The van der Waals surface area contributed by atoms with Gasteiger partial charge < -0.3 is 0 Å². The smallest absolute Gasteiger partial charge is 0.158 e. The molecule has 0 unspecified atom stereocenters. The van der Waals surface area contributed by atoms with Crippen molar-refractivity contribution in [1.82, 2.24) is 14.6 Å². The average molecular weight is 175 g/mol. The number of nitrogens with zero attached hydrogens (tertiary/aromatic N) is 3. The largest absolute Gasteiger partial charge is 0.218 e. The molecule has 68 valence electrons. The predicted octanol–water partition coefficient (Wildman–Crippen LogP) is 2.16. The molecule has 3 heteroatoms. The Labute approximate surface area is 77.4 Å². The Morgan fingerprint density at radius 3 is 2.77 bits per heavy atom. The van der Waals surface area contributed by atoms with Gasteiger partial charge in [0.15, 0.2) is 5.65 Å². The molecule has 0 N–H and O–H groups in total. The molecule has 0 saturated heterocycles. The van der Waals surface area contributed by atoms with Gasteiger partial charge in [-0.25, -0.2) is 9.50 Å². The van der Waals surface area contributed by atoms with E-state index in [1.54, 1.807) is 6.33 Å². The van der Waals surface area contributed by atoms with E-state index < -0.39 is 0 Å². The van der Waals surface area contributed by atoms with E-state index in [-0.39, 0.29) is 0 Å². The number of hydrogen-bond donors (Lipinski definition) is 0. The van der Waals surface area contributed by atoms with Gasteiger partial charge in [0, 0.05) is 5.69 Å². The van der Waals surface area contributed by atoms with Crippen molar-refractivity contribution in [1.29, 1.82) is 0 Å². The zero-order valence-corrected chi connectivity index (χ0v) is 8.15. The molecule has 0 aliphatic carbocycles. The summed E-state index contributed by atoms with van der Waals surface area (Å²) in [6, 6.07) is 4.21. The SMILES string of the molecule is Cc1ccc(C(C)C)c2ncnn12. The van der Waals surface area contributed by atoms with Crippen LogP contribution in [-0.2, 0) is 0 Å². The van der Waals surface area contributed by atoms with Crippen LogP contribution in [0.15, 0.2) is 18.5 Å². The first-order valence-corrected chi connectivity index (χ1v) is 4.49. The molecule has 0 amide bonds. The van der Waals surface area contributed by atoms with Crippen LogP contribution in [0.1, 0.15) is 31.0 Å². The molecule has 0 bridgehead atoms. The molecular weight excluding hydrogens is 162 g/mol. The van der Waals surface area contributed by atoms with Crippen LogP contribution in [0.4, 0.5) is 0 Å². The van der Waals surface area contributed by atoms with Crippen molar-refractivity contribution in [3.63, 3.8) is 0 Å². The lowest BCUT2D eigenvalue weighted by Gasteiger charge is -2.07. The Morgan fingerprint density at radius 1 is 1.31 bits per heavy atom. The maximum absolute atomic E-state index is 4.25. The van der Waals surface area contributed by atoms with Crippen molar-refractivity contribution >= 4 is 5.65 Å². The predicted molar refractivity (Wildman–Crippen MR) is 51.8 cm³/mol. The van der Waals surface area contributed by atoms with Crippen molar-refractivity contribution in [3.05, 3.63) is 29.7 Å². The van der Waals surface area contributed by atoms with E-state index in [1.807, 2.05) is 11.4 Å². The summed E-state index contributed by atoms with van der Waals surface area (Å²) < 4.78 is 1.88. The molecule has 0 spiro atoms. The summed E-state index contributed by atoms with van der Waals surface area (Å²) in [6.07, 6.45) is 1.61. The van der Waals surface area contributed by atoms with E-state index in [0.29, 0.717) is 5.92 Å². The first-order valence-electron chi connectivity index (χ1n) is 4.49. The van der Waals surface area contributed by atoms with Crippen molar-refractivity contribution in [2.45, 2.75) is 26.7 Å². The van der Waals surface area contributed by atoms with E-state index in [9.17, 15) is 0 Å². The lowest BCUT2D eigenvalue weighted by atomic mass is 10.0. The molecule has 0 saturated carbocycles. The van der Waals surface area contributed by atoms with Crippen molar-refractivity contribution in [2.24, 2.45) is 0 Å². The lowest BCUT2D eigenvalue weighted by Crippen LogP contribution is -1.98. The molecule has 0 aromatic carbocycles. The van der Waals surface area contributed by atoms with Crippen molar-refractivity contribution in [3.8, 4) is 0 Å². The molecule has 0 atom stereocenters. The average Bonchev–Trinajstić information content (AvgIpc) is 2.53. The normalized spacial score (nSPS) is 11.4. The van der Waals surface area contributed by atoms with E-state index in [2.05, 4.69) is 36.1 Å². The minimum Gasteiger partial charge on any atom is -0.218 e. The van der Waals surface area contributed by atoms with Gasteiger partial charge in [0.25, 0.3) is 0 Å². The number of hydrogen-bond acceptors (Lipinski definition) is 2. The van der Waals surface area contributed by atoms with Crippen LogP contribution in [-0.4, -0.2) is 14.6 Å². The molecule has 0 aliphatic heterocycles. The fraction of sp³-hybridized carbons (Fsp3) is 0.400. The van der Waals surface area contributed by atoms with Gasteiger partial charge in [0.1, 0.15) is 6.33 Å². The maximum Gasteiger partial charge on any atom is 0.158 e. The summed E-state index contributed by atoms with van der Waals surface area (Å²) >= 11 is 0. The van der Waals surface area contributed by atoms with Crippen molar-refractivity contribution < 1.29 is 0 Å². The maximum atomic E-state index is 4.25. The second-order valence-electron chi connectivity index (χ2n) is 3.58. The van der Waals surface area contributed by atoms with Crippen LogP contribution >= 0.6 is 0 Å². The number of aryl methyl sites for hydroxylation is 1.